The van der Waals surface area contributed by atoms with Crippen molar-refractivity contribution in [2.24, 2.45) is 0 Å². The van der Waals surface area contributed by atoms with Crippen LogP contribution in [-0.2, 0) is 10.8 Å². The van der Waals surface area contributed by atoms with Crippen molar-refractivity contribution in [3.63, 3.8) is 0 Å². The number of fused-ring (bicyclic) bond motifs is 8. The molecule has 0 saturated carbocycles. The van der Waals surface area contributed by atoms with Gasteiger partial charge in [0.25, 0.3) is 0 Å². The van der Waals surface area contributed by atoms with Crippen molar-refractivity contribution < 1.29 is 0 Å². The Morgan fingerprint density at radius 1 is 0.375 bits per heavy atom. The first-order chi connectivity index (χ1) is 27.3. The Balaban J connectivity index is 1.08. The molecule has 3 heterocycles. The van der Waals surface area contributed by atoms with E-state index in [0.29, 0.717) is 23.2 Å². The van der Waals surface area contributed by atoms with E-state index in [2.05, 4.69) is 149 Å². The van der Waals surface area contributed by atoms with Crippen molar-refractivity contribution in [3.05, 3.63) is 174 Å². The quantitative estimate of drug-likeness (QED) is 0.181. The molecule has 2 aliphatic rings. The van der Waals surface area contributed by atoms with Crippen LogP contribution in [0.2, 0.25) is 0 Å². The predicted molar refractivity (Wildman–Crippen MR) is 227 cm³/mol. The van der Waals surface area contributed by atoms with Crippen molar-refractivity contribution in [1.29, 1.82) is 0 Å². The van der Waals surface area contributed by atoms with Gasteiger partial charge in [-0.2, -0.15) is 0 Å². The third-order valence-electron chi connectivity index (χ3n) is 12.2. The van der Waals surface area contributed by atoms with Crippen LogP contribution < -0.4 is 0 Å². The Hall–Kier alpha value is -6.85. The summed E-state index contributed by atoms with van der Waals surface area (Å²) in [5.41, 5.74) is 15.9. The van der Waals surface area contributed by atoms with Gasteiger partial charge in [0.2, 0.25) is 0 Å². The SMILES string of the molecule is CC1(C)c2ccccc2-c2cc3c(cc21)-c1ccc(-c2nc(-c4cc(-c5cccc6ccccc56)ccn4)nc(-c4cccc5cccnc45)n2)cc1C3(C)C. The number of hydrogen-bond donors (Lipinski definition) is 0. The number of pyridine rings is 2. The van der Waals surface area contributed by atoms with Gasteiger partial charge in [0.05, 0.1) is 5.52 Å². The average Bonchev–Trinajstić information content (AvgIpc) is 3.61. The fourth-order valence-corrected chi connectivity index (χ4v) is 9.29. The number of aromatic nitrogens is 5. The van der Waals surface area contributed by atoms with Crippen LogP contribution in [0.15, 0.2) is 152 Å². The molecule has 0 bridgehead atoms. The van der Waals surface area contributed by atoms with Crippen LogP contribution in [0.4, 0.5) is 0 Å². The van der Waals surface area contributed by atoms with E-state index in [1.54, 1.807) is 0 Å². The molecule has 6 aromatic carbocycles. The average molecular weight is 720 g/mol. The molecule has 2 aliphatic carbocycles. The van der Waals surface area contributed by atoms with E-state index in [4.69, 9.17) is 24.9 Å². The topological polar surface area (TPSA) is 64.5 Å². The lowest BCUT2D eigenvalue weighted by Crippen LogP contribution is -2.17. The lowest BCUT2D eigenvalue weighted by molar-refractivity contribution is 0.652. The third kappa shape index (κ3) is 4.77. The van der Waals surface area contributed by atoms with Crippen molar-refractivity contribution >= 4 is 21.7 Å². The Kier molecular flexibility index (Phi) is 6.88. The lowest BCUT2D eigenvalue weighted by Gasteiger charge is -2.24. The zero-order chi connectivity index (χ0) is 37.8. The van der Waals surface area contributed by atoms with Gasteiger partial charge >= 0.3 is 0 Å². The first-order valence-corrected chi connectivity index (χ1v) is 19.2. The highest BCUT2D eigenvalue weighted by Gasteiger charge is 2.41. The van der Waals surface area contributed by atoms with E-state index in [1.165, 1.54) is 55.3 Å². The number of benzene rings is 6. The zero-order valence-corrected chi connectivity index (χ0v) is 31.7. The summed E-state index contributed by atoms with van der Waals surface area (Å²) in [5, 5.41) is 3.40. The minimum absolute atomic E-state index is 0.0686. The van der Waals surface area contributed by atoms with Gasteiger partial charge in [0.15, 0.2) is 17.5 Å². The summed E-state index contributed by atoms with van der Waals surface area (Å²) in [6.45, 7) is 9.38. The summed E-state index contributed by atoms with van der Waals surface area (Å²) in [6, 6.07) is 49.7. The van der Waals surface area contributed by atoms with Crippen molar-refractivity contribution in [1.82, 2.24) is 24.9 Å². The third-order valence-corrected chi connectivity index (χ3v) is 12.2. The van der Waals surface area contributed by atoms with Gasteiger partial charge < -0.3 is 0 Å². The van der Waals surface area contributed by atoms with Crippen molar-refractivity contribution in [2.75, 3.05) is 0 Å². The van der Waals surface area contributed by atoms with Gasteiger partial charge in [0.1, 0.15) is 5.69 Å². The van der Waals surface area contributed by atoms with E-state index < -0.39 is 0 Å². The predicted octanol–water partition coefficient (Wildman–Crippen LogP) is 12.2. The summed E-state index contributed by atoms with van der Waals surface area (Å²) in [6.07, 6.45) is 3.67. The molecule has 5 nitrogen and oxygen atoms in total. The first kappa shape index (κ1) is 32.6. The van der Waals surface area contributed by atoms with Gasteiger partial charge in [-0.25, -0.2) is 15.0 Å². The maximum atomic E-state index is 5.20. The maximum Gasteiger partial charge on any atom is 0.182 e. The Morgan fingerprint density at radius 2 is 1.00 bits per heavy atom. The van der Waals surface area contributed by atoms with E-state index in [-0.39, 0.29) is 10.8 Å². The molecule has 266 valence electrons. The van der Waals surface area contributed by atoms with Crippen LogP contribution in [0.5, 0.6) is 0 Å². The number of rotatable bonds is 4. The second kappa shape index (κ2) is 11.8. The molecule has 0 aliphatic heterocycles. The maximum absolute atomic E-state index is 5.20. The molecule has 56 heavy (non-hydrogen) atoms. The van der Waals surface area contributed by atoms with Crippen LogP contribution in [-0.4, -0.2) is 24.9 Å². The van der Waals surface area contributed by atoms with Gasteiger partial charge in [-0.1, -0.05) is 125 Å². The normalized spacial score (nSPS) is 14.4. The molecule has 5 heteroatoms. The molecule has 3 aromatic heterocycles. The Morgan fingerprint density at radius 3 is 1.86 bits per heavy atom. The second-order valence-corrected chi connectivity index (χ2v) is 16.1. The van der Waals surface area contributed by atoms with Crippen molar-refractivity contribution in [2.45, 2.75) is 38.5 Å². The van der Waals surface area contributed by atoms with Crippen molar-refractivity contribution in [3.8, 4) is 67.7 Å². The van der Waals surface area contributed by atoms with Crippen LogP contribution in [0.1, 0.15) is 49.9 Å². The number of para-hydroxylation sites is 1. The van der Waals surface area contributed by atoms with Crippen LogP contribution in [0, 0.1) is 0 Å². The van der Waals surface area contributed by atoms with Crippen LogP contribution in [0.3, 0.4) is 0 Å². The second-order valence-electron chi connectivity index (χ2n) is 16.1. The first-order valence-electron chi connectivity index (χ1n) is 19.2. The fourth-order valence-electron chi connectivity index (χ4n) is 9.29. The molecule has 0 radical (unpaired) electrons. The largest absolute Gasteiger partial charge is 0.255 e. The summed E-state index contributed by atoms with van der Waals surface area (Å²) < 4.78 is 0. The van der Waals surface area contributed by atoms with Crippen LogP contribution in [0.25, 0.3) is 89.4 Å². The van der Waals surface area contributed by atoms with E-state index in [0.717, 1.165) is 33.2 Å². The Bertz CT molecular complexity index is 3090. The van der Waals surface area contributed by atoms with Gasteiger partial charge in [-0.05, 0) is 109 Å². The molecular formula is C51H37N5. The van der Waals surface area contributed by atoms with E-state index in [1.807, 2.05) is 30.6 Å². The molecular weight excluding hydrogens is 683 g/mol. The lowest BCUT2D eigenvalue weighted by atomic mass is 9.79. The molecule has 0 unspecified atom stereocenters. The van der Waals surface area contributed by atoms with E-state index in [9.17, 15) is 0 Å². The zero-order valence-electron chi connectivity index (χ0n) is 31.7. The molecule has 0 atom stereocenters. The summed E-state index contributed by atoms with van der Waals surface area (Å²) >= 11 is 0. The number of nitrogens with zero attached hydrogens (tertiary/aromatic N) is 5. The summed E-state index contributed by atoms with van der Waals surface area (Å²) in [5.74, 6) is 1.68. The number of hydrogen-bond acceptors (Lipinski definition) is 5. The smallest absolute Gasteiger partial charge is 0.182 e. The Labute approximate surface area is 325 Å². The molecule has 0 saturated heterocycles. The van der Waals surface area contributed by atoms with Gasteiger partial charge in [-0.15, -0.1) is 0 Å². The highest BCUT2D eigenvalue weighted by molar-refractivity contribution is 5.97. The molecule has 9 aromatic rings. The van der Waals surface area contributed by atoms with Crippen LogP contribution >= 0.6 is 0 Å². The minimum Gasteiger partial charge on any atom is -0.255 e. The standard InChI is InChI=1S/C51H37N5/c1-50(2)41-20-8-7-17-36(41)39-28-44-40(29-43(39)50)37-22-21-33(26-42(37)51(44,3)4)47-54-48(38-19-10-14-31-15-11-24-53-46(31)38)56-49(55-47)45-27-32(23-25-52-45)35-18-9-13-30-12-5-6-16-34(30)35/h5-29H,1-4H3. The summed E-state index contributed by atoms with van der Waals surface area (Å²) in [7, 11) is 0. The van der Waals surface area contributed by atoms with E-state index >= 15 is 0 Å². The van der Waals surface area contributed by atoms with Gasteiger partial charge in [-0.3, -0.25) is 9.97 Å². The molecule has 0 N–H and O–H groups in total. The fraction of sp³-hybridized carbons (Fsp3) is 0.118. The summed E-state index contributed by atoms with van der Waals surface area (Å²) in [4.78, 5) is 25.1. The highest BCUT2D eigenvalue weighted by Crippen LogP contribution is 2.56. The minimum atomic E-state index is -0.232. The monoisotopic (exact) mass is 719 g/mol. The van der Waals surface area contributed by atoms with Gasteiger partial charge in [0, 0.05) is 39.7 Å². The molecule has 0 spiro atoms. The highest BCUT2D eigenvalue weighted by atomic mass is 15.0. The molecule has 0 fully saturated rings. The molecule has 0 amide bonds. The molecule has 11 rings (SSSR count).